The van der Waals surface area contributed by atoms with Crippen LogP contribution in [0.3, 0.4) is 0 Å². The molecular weight excluding hydrogens is 405 g/mol. The van der Waals surface area contributed by atoms with Crippen LogP contribution in [0.15, 0.2) is 18.2 Å². The van der Waals surface area contributed by atoms with Gasteiger partial charge in [0.05, 0.1) is 12.6 Å². The molecule has 1 amide bonds. The number of halogens is 2. The molecule has 0 radical (unpaired) electrons. The molecule has 2 aliphatic heterocycles. The van der Waals surface area contributed by atoms with Crippen molar-refractivity contribution in [3.63, 3.8) is 0 Å². The van der Waals surface area contributed by atoms with Gasteiger partial charge < -0.3 is 10.0 Å². The first kappa shape index (κ1) is 22.0. The molecule has 1 spiro atoms. The maximum absolute atomic E-state index is 14.1. The molecule has 0 bridgehead atoms. The van der Waals surface area contributed by atoms with E-state index in [1.165, 1.54) is 18.9 Å². The first-order chi connectivity index (χ1) is 14.5. The molecule has 1 N–H and O–H groups in total. The average Bonchev–Trinajstić information content (AvgIpc) is 2.91. The zero-order chi connectivity index (χ0) is 21.1. The second kappa shape index (κ2) is 9.51. The van der Waals surface area contributed by atoms with E-state index in [4.69, 9.17) is 11.6 Å². The van der Waals surface area contributed by atoms with E-state index < -0.39 is 0 Å². The van der Waals surface area contributed by atoms with Crippen LogP contribution in [0.25, 0.3) is 0 Å². The van der Waals surface area contributed by atoms with Crippen molar-refractivity contribution in [2.45, 2.75) is 63.1 Å². The smallest absolute Gasteiger partial charge is 0.236 e. The van der Waals surface area contributed by atoms with E-state index in [1.807, 2.05) is 4.90 Å². The van der Waals surface area contributed by atoms with Gasteiger partial charge in [-0.3, -0.25) is 14.6 Å². The van der Waals surface area contributed by atoms with E-state index in [0.717, 1.165) is 38.6 Å². The van der Waals surface area contributed by atoms with Crippen molar-refractivity contribution < 1.29 is 14.3 Å². The Morgan fingerprint density at radius 1 is 1.10 bits per heavy atom. The van der Waals surface area contributed by atoms with Crippen molar-refractivity contribution in [2.24, 2.45) is 0 Å². The molecule has 5 nitrogen and oxygen atoms in total. The number of aliphatic hydroxyl groups is 1. The van der Waals surface area contributed by atoms with Crippen LogP contribution in [-0.2, 0) is 11.3 Å². The SMILES string of the molecule is O=C(CN1CCC(O)C12CCCCCC2)N1CCN(Cc2c(F)cccc2Cl)CC1. The summed E-state index contributed by atoms with van der Waals surface area (Å²) in [5.74, 6) is -0.126. The normalized spacial score (nSPS) is 25.6. The lowest BCUT2D eigenvalue weighted by Gasteiger charge is -2.41. The predicted molar refractivity (Wildman–Crippen MR) is 116 cm³/mol. The largest absolute Gasteiger partial charge is 0.391 e. The average molecular weight is 438 g/mol. The van der Waals surface area contributed by atoms with Gasteiger partial charge in [-0.15, -0.1) is 0 Å². The van der Waals surface area contributed by atoms with E-state index in [0.29, 0.717) is 49.9 Å². The van der Waals surface area contributed by atoms with Gasteiger partial charge in [0.2, 0.25) is 5.91 Å². The molecule has 1 aromatic carbocycles. The molecule has 3 aliphatic rings. The molecule has 1 saturated carbocycles. The van der Waals surface area contributed by atoms with Gasteiger partial charge in [-0.05, 0) is 31.4 Å². The molecule has 1 aliphatic carbocycles. The third-order valence-corrected chi connectivity index (χ3v) is 7.74. The van der Waals surface area contributed by atoms with Gasteiger partial charge in [0.1, 0.15) is 5.82 Å². The number of amides is 1. The molecular formula is C23H33ClFN3O2. The highest BCUT2D eigenvalue weighted by Crippen LogP contribution is 2.40. The van der Waals surface area contributed by atoms with E-state index in [1.54, 1.807) is 12.1 Å². The monoisotopic (exact) mass is 437 g/mol. The molecule has 166 valence electrons. The number of rotatable bonds is 4. The van der Waals surface area contributed by atoms with Gasteiger partial charge in [-0.2, -0.15) is 0 Å². The molecule has 30 heavy (non-hydrogen) atoms. The van der Waals surface area contributed by atoms with Crippen LogP contribution in [0.2, 0.25) is 5.02 Å². The lowest BCUT2D eigenvalue weighted by atomic mass is 9.85. The maximum Gasteiger partial charge on any atom is 0.236 e. The number of aliphatic hydroxyl groups excluding tert-OH is 1. The van der Waals surface area contributed by atoms with Crippen LogP contribution >= 0.6 is 11.6 Å². The summed E-state index contributed by atoms with van der Waals surface area (Å²) in [6.07, 6.45) is 7.18. The molecule has 2 heterocycles. The van der Waals surface area contributed by atoms with Gasteiger partial charge >= 0.3 is 0 Å². The summed E-state index contributed by atoms with van der Waals surface area (Å²) in [4.78, 5) is 19.4. The minimum absolute atomic E-state index is 0.149. The summed E-state index contributed by atoms with van der Waals surface area (Å²) in [7, 11) is 0. The van der Waals surface area contributed by atoms with Crippen molar-refractivity contribution in [3.8, 4) is 0 Å². The Labute approximate surface area is 183 Å². The topological polar surface area (TPSA) is 47.0 Å². The van der Waals surface area contributed by atoms with Gasteiger partial charge in [0, 0.05) is 55.4 Å². The van der Waals surface area contributed by atoms with Crippen LogP contribution < -0.4 is 0 Å². The molecule has 1 unspecified atom stereocenters. The van der Waals surface area contributed by atoms with Crippen molar-refractivity contribution >= 4 is 17.5 Å². The summed E-state index contributed by atoms with van der Waals surface area (Å²) in [6.45, 7) is 4.39. The molecule has 2 saturated heterocycles. The molecule has 7 heteroatoms. The van der Waals surface area contributed by atoms with Gasteiger partial charge in [0.15, 0.2) is 0 Å². The molecule has 3 fully saturated rings. The lowest BCUT2D eigenvalue weighted by Crippen LogP contribution is -2.55. The number of carbonyl (C=O) groups excluding carboxylic acids is 1. The Balaban J connectivity index is 1.32. The second-order valence-corrected chi connectivity index (χ2v) is 9.51. The Morgan fingerprint density at radius 2 is 1.80 bits per heavy atom. The fraction of sp³-hybridized carbons (Fsp3) is 0.696. The number of nitrogens with zero attached hydrogens (tertiary/aromatic N) is 3. The van der Waals surface area contributed by atoms with Crippen molar-refractivity contribution in [2.75, 3.05) is 39.3 Å². The summed E-state index contributed by atoms with van der Waals surface area (Å²) in [5, 5.41) is 11.2. The molecule has 1 atom stereocenters. The fourth-order valence-electron chi connectivity index (χ4n) is 5.53. The van der Waals surface area contributed by atoms with Crippen molar-refractivity contribution in [1.82, 2.24) is 14.7 Å². The Kier molecular flexibility index (Phi) is 6.98. The van der Waals surface area contributed by atoms with Gasteiger partial charge in [-0.1, -0.05) is 43.4 Å². The standard InChI is InChI=1S/C23H33ClFN3O2/c24-19-6-5-7-20(25)18(19)16-26-12-14-27(15-13-26)22(30)17-28-11-8-21(29)23(28)9-3-1-2-4-10-23/h5-7,21,29H,1-4,8-17H2. The number of likely N-dealkylation sites (tertiary alicyclic amines) is 1. The highest BCUT2D eigenvalue weighted by atomic mass is 35.5. The first-order valence-electron chi connectivity index (χ1n) is 11.4. The van der Waals surface area contributed by atoms with E-state index in [2.05, 4.69) is 9.80 Å². The van der Waals surface area contributed by atoms with Crippen LogP contribution in [-0.4, -0.2) is 76.6 Å². The van der Waals surface area contributed by atoms with Gasteiger partial charge in [-0.25, -0.2) is 4.39 Å². The fourth-order valence-corrected chi connectivity index (χ4v) is 5.76. The zero-order valence-corrected chi connectivity index (χ0v) is 18.4. The number of hydrogen-bond donors (Lipinski definition) is 1. The highest BCUT2D eigenvalue weighted by molar-refractivity contribution is 6.31. The molecule has 4 rings (SSSR count). The number of piperazine rings is 1. The molecule has 0 aromatic heterocycles. The Hall–Kier alpha value is -1.21. The quantitative estimate of drug-likeness (QED) is 0.785. The summed E-state index contributed by atoms with van der Waals surface area (Å²) >= 11 is 6.16. The molecule has 1 aromatic rings. The van der Waals surface area contributed by atoms with E-state index in [9.17, 15) is 14.3 Å². The first-order valence-corrected chi connectivity index (χ1v) is 11.7. The summed E-state index contributed by atoms with van der Waals surface area (Å²) in [5.41, 5.74) is 0.329. The third-order valence-electron chi connectivity index (χ3n) is 7.39. The van der Waals surface area contributed by atoms with E-state index >= 15 is 0 Å². The Bertz CT molecular complexity index is 726. The van der Waals surface area contributed by atoms with Gasteiger partial charge in [0.25, 0.3) is 0 Å². The number of carbonyl (C=O) groups is 1. The van der Waals surface area contributed by atoms with Crippen molar-refractivity contribution in [3.05, 3.63) is 34.6 Å². The van der Waals surface area contributed by atoms with E-state index in [-0.39, 0.29) is 23.4 Å². The third kappa shape index (κ3) is 4.52. The van der Waals surface area contributed by atoms with Crippen LogP contribution in [0, 0.1) is 5.82 Å². The van der Waals surface area contributed by atoms with Crippen LogP contribution in [0.1, 0.15) is 50.5 Å². The summed E-state index contributed by atoms with van der Waals surface area (Å²) in [6, 6.07) is 4.77. The minimum Gasteiger partial charge on any atom is -0.391 e. The van der Waals surface area contributed by atoms with Crippen LogP contribution in [0.4, 0.5) is 4.39 Å². The second-order valence-electron chi connectivity index (χ2n) is 9.10. The summed E-state index contributed by atoms with van der Waals surface area (Å²) < 4.78 is 14.1. The predicted octanol–water partition coefficient (Wildman–Crippen LogP) is 3.28. The Morgan fingerprint density at radius 3 is 2.47 bits per heavy atom. The number of benzene rings is 1. The van der Waals surface area contributed by atoms with Crippen molar-refractivity contribution in [1.29, 1.82) is 0 Å². The lowest BCUT2D eigenvalue weighted by molar-refractivity contribution is -0.136. The number of hydrogen-bond acceptors (Lipinski definition) is 4. The minimum atomic E-state index is -0.314. The maximum atomic E-state index is 14.1. The zero-order valence-electron chi connectivity index (χ0n) is 17.7. The van der Waals surface area contributed by atoms with Crippen LogP contribution in [0.5, 0.6) is 0 Å². The highest BCUT2D eigenvalue weighted by Gasteiger charge is 2.48.